The van der Waals surface area contributed by atoms with Gasteiger partial charge in [0.1, 0.15) is 0 Å². The third kappa shape index (κ3) is 2.76. The Morgan fingerprint density at radius 1 is 1.29 bits per heavy atom. The lowest BCUT2D eigenvalue weighted by molar-refractivity contribution is -0.146. The Morgan fingerprint density at radius 2 is 2.04 bits per heavy atom. The van der Waals surface area contributed by atoms with Crippen LogP contribution in [0.2, 0.25) is 0 Å². The molecule has 5 nitrogen and oxygen atoms in total. The van der Waals surface area contributed by atoms with Crippen LogP contribution in [0.5, 0.6) is 0 Å². The minimum Gasteiger partial charge on any atom is -0.466 e. The van der Waals surface area contributed by atoms with Gasteiger partial charge in [-0.1, -0.05) is 19.9 Å². The van der Waals surface area contributed by atoms with Crippen molar-refractivity contribution < 1.29 is 19.4 Å². The summed E-state index contributed by atoms with van der Waals surface area (Å²) in [6, 6.07) is 0.275. The molecule has 4 rings (SSSR count). The molecule has 0 radical (unpaired) electrons. The zero-order valence-corrected chi connectivity index (χ0v) is 17.7. The van der Waals surface area contributed by atoms with Crippen molar-refractivity contribution in [3.63, 3.8) is 0 Å². The summed E-state index contributed by atoms with van der Waals surface area (Å²) in [5, 5.41) is 11.1. The molecule has 0 aromatic carbocycles. The van der Waals surface area contributed by atoms with E-state index in [2.05, 4.69) is 19.9 Å². The van der Waals surface area contributed by atoms with Gasteiger partial charge in [0, 0.05) is 18.5 Å². The molecule has 4 aliphatic rings. The number of likely N-dealkylation sites (N-methyl/N-ethyl adjacent to an activating group) is 1. The van der Waals surface area contributed by atoms with Crippen molar-refractivity contribution in [1.29, 1.82) is 0 Å². The zero-order chi connectivity index (χ0) is 20.3. The van der Waals surface area contributed by atoms with E-state index < -0.39 is 6.10 Å². The van der Waals surface area contributed by atoms with E-state index in [0.717, 1.165) is 32.1 Å². The monoisotopic (exact) mass is 389 g/mol. The summed E-state index contributed by atoms with van der Waals surface area (Å²) in [7, 11) is 1.94. The average molecular weight is 390 g/mol. The fourth-order valence-electron chi connectivity index (χ4n) is 7.52. The molecule has 0 aromatic rings. The zero-order valence-electron chi connectivity index (χ0n) is 17.7. The Balaban J connectivity index is 1.59. The van der Waals surface area contributed by atoms with Crippen LogP contribution in [-0.4, -0.2) is 47.7 Å². The number of esters is 1. The van der Waals surface area contributed by atoms with E-state index >= 15 is 0 Å². The molecule has 8 atom stereocenters. The molecular formula is C23H35NO4. The molecule has 0 saturated heterocycles. The van der Waals surface area contributed by atoms with E-state index in [0.29, 0.717) is 30.8 Å². The topological polar surface area (TPSA) is 66.8 Å². The van der Waals surface area contributed by atoms with Crippen LogP contribution in [0.4, 0.5) is 0 Å². The molecule has 0 bridgehead atoms. The highest BCUT2D eigenvalue weighted by Crippen LogP contribution is 2.65. The Kier molecular flexibility index (Phi) is 4.88. The highest BCUT2D eigenvalue weighted by atomic mass is 16.5. The van der Waals surface area contributed by atoms with E-state index in [-0.39, 0.29) is 34.7 Å². The van der Waals surface area contributed by atoms with Gasteiger partial charge in [0.15, 0.2) is 0 Å². The lowest BCUT2D eigenvalue weighted by Crippen LogP contribution is -2.59. The van der Waals surface area contributed by atoms with E-state index in [1.54, 1.807) is 6.08 Å². The fourth-order valence-corrected chi connectivity index (χ4v) is 7.52. The number of amides is 1. The third-order valence-corrected chi connectivity index (χ3v) is 8.98. The molecule has 1 heterocycles. The van der Waals surface area contributed by atoms with Crippen LogP contribution in [-0.2, 0) is 14.3 Å². The fraction of sp³-hybridized carbons (Fsp3) is 0.826. The largest absolute Gasteiger partial charge is 0.466 e. The van der Waals surface area contributed by atoms with E-state index in [1.807, 2.05) is 18.9 Å². The first-order chi connectivity index (χ1) is 13.2. The van der Waals surface area contributed by atoms with Crippen molar-refractivity contribution in [2.24, 2.45) is 34.5 Å². The van der Waals surface area contributed by atoms with Gasteiger partial charge in [-0.15, -0.1) is 0 Å². The second-order valence-corrected chi connectivity index (χ2v) is 10.1. The van der Waals surface area contributed by atoms with Gasteiger partial charge in [0.2, 0.25) is 5.91 Å². The van der Waals surface area contributed by atoms with Crippen molar-refractivity contribution in [3.8, 4) is 0 Å². The van der Waals surface area contributed by atoms with Crippen LogP contribution in [0.1, 0.15) is 59.3 Å². The number of hydrogen-bond donors (Lipinski definition) is 1. The predicted octanol–water partition coefficient (Wildman–Crippen LogP) is 3.17. The smallest absolute Gasteiger partial charge is 0.306 e. The van der Waals surface area contributed by atoms with Gasteiger partial charge in [0.05, 0.1) is 19.1 Å². The summed E-state index contributed by atoms with van der Waals surface area (Å²) < 4.78 is 5.16. The summed E-state index contributed by atoms with van der Waals surface area (Å²) in [6.07, 6.45) is 8.96. The Hall–Kier alpha value is -1.36. The molecular weight excluding hydrogens is 354 g/mol. The Bertz CT molecular complexity index is 690. The molecule has 1 N–H and O–H groups in total. The summed E-state index contributed by atoms with van der Waals surface area (Å²) in [4.78, 5) is 26.2. The molecule has 156 valence electrons. The van der Waals surface area contributed by atoms with Crippen LogP contribution in [0.15, 0.2) is 12.2 Å². The number of carbonyl (C=O) groups is 2. The summed E-state index contributed by atoms with van der Waals surface area (Å²) in [5.74, 6) is 1.46. The second-order valence-electron chi connectivity index (χ2n) is 10.1. The molecule has 1 amide bonds. The number of nitrogens with zero attached hydrogens (tertiary/aromatic N) is 1. The van der Waals surface area contributed by atoms with Gasteiger partial charge < -0.3 is 14.7 Å². The number of hydrogen-bond acceptors (Lipinski definition) is 4. The van der Waals surface area contributed by atoms with Gasteiger partial charge in [-0.25, -0.2) is 0 Å². The first-order valence-electron chi connectivity index (χ1n) is 11.0. The number of rotatable bonds is 3. The van der Waals surface area contributed by atoms with Crippen molar-refractivity contribution >= 4 is 11.9 Å². The molecule has 3 unspecified atom stereocenters. The molecule has 3 fully saturated rings. The number of carbonyl (C=O) groups excluding carboxylic acids is 2. The molecule has 0 spiro atoms. The SMILES string of the molecule is CCOC(=O)CC1C[C@H]2[C@@H]3CCC4N(C)C(=O)C=C[C@]4(C)[C@@H]3CC[C@]2(C)C1O. The molecule has 3 saturated carbocycles. The maximum atomic E-state index is 12.2. The normalized spacial score (nSPS) is 47.3. The Labute approximate surface area is 168 Å². The van der Waals surface area contributed by atoms with Gasteiger partial charge in [-0.3, -0.25) is 9.59 Å². The summed E-state index contributed by atoms with van der Waals surface area (Å²) in [6.45, 7) is 6.79. The summed E-state index contributed by atoms with van der Waals surface area (Å²) >= 11 is 0. The first-order valence-corrected chi connectivity index (χ1v) is 11.0. The minimum atomic E-state index is -0.431. The van der Waals surface area contributed by atoms with E-state index in [4.69, 9.17) is 4.74 Å². The highest BCUT2D eigenvalue weighted by molar-refractivity contribution is 5.89. The lowest BCUT2D eigenvalue weighted by Gasteiger charge is -2.60. The number of fused-ring (bicyclic) bond motifs is 5. The number of aliphatic hydroxyl groups is 1. The number of ether oxygens (including phenoxy) is 1. The van der Waals surface area contributed by atoms with Crippen LogP contribution in [0.3, 0.4) is 0 Å². The maximum Gasteiger partial charge on any atom is 0.306 e. The van der Waals surface area contributed by atoms with Crippen LogP contribution < -0.4 is 0 Å². The van der Waals surface area contributed by atoms with Crippen LogP contribution >= 0.6 is 0 Å². The van der Waals surface area contributed by atoms with Gasteiger partial charge in [-0.2, -0.15) is 0 Å². The molecule has 0 aromatic heterocycles. The van der Waals surface area contributed by atoms with E-state index in [1.165, 1.54) is 0 Å². The first kappa shape index (κ1) is 19.9. The van der Waals surface area contributed by atoms with Crippen LogP contribution in [0, 0.1) is 34.5 Å². The standard InChI is InChI=1S/C23H35NO4/c1-5-28-20(26)13-14-12-17-15-6-7-18-22(2,11-9-19(25)24(18)4)16(15)8-10-23(17,3)21(14)27/h9,11,14-18,21,27H,5-8,10,12-13H2,1-4H3/t14?,15-,16-,17+,18?,21?,22-,23+/m1/s1. The second kappa shape index (κ2) is 6.86. The number of aliphatic hydroxyl groups excluding tert-OH is 1. The van der Waals surface area contributed by atoms with Gasteiger partial charge in [-0.05, 0) is 74.2 Å². The molecule has 28 heavy (non-hydrogen) atoms. The summed E-state index contributed by atoms with van der Waals surface area (Å²) in [5.41, 5.74) is -0.0985. The van der Waals surface area contributed by atoms with Crippen LogP contribution in [0.25, 0.3) is 0 Å². The van der Waals surface area contributed by atoms with Crippen molar-refractivity contribution in [2.75, 3.05) is 13.7 Å². The van der Waals surface area contributed by atoms with Crippen molar-refractivity contribution in [1.82, 2.24) is 4.90 Å². The molecule has 3 aliphatic carbocycles. The lowest BCUT2D eigenvalue weighted by atomic mass is 9.48. The minimum absolute atomic E-state index is 0.00415. The van der Waals surface area contributed by atoms with E-state index in [9.17, 15) is 14.7 Å². The highest BCUT2D eigenvalue weighted by Gasteiger charge is 2.62. The quantitative estimate of drug-likeness (QED) is 0.753. The predicted molar refractivity (Wildman–Crippen MR) is 106 cm³/mol. The molecule has 5 heteroatoms. The van der Waals surface area contributed by atoms with Crippen molar-refractivity contribution in [2.45, 2.75) is 71.4 Å². The third-order valence-electron chi connectivity index (χ3n) is 8.98. The van der Waals surface area contributed by atoms with Gasteiger partial charge >= 0.3 is 5.97 Å². The molecule has 1 aliphatic heterocycles. The average Bonchev–Trinajstić information content (AvgIpc) is 2.90. The Morgan fingerprint density at radius 3 is 2.75 bits per heavy atom. The maximum absolute atomic E-state index is 12.2. The van der Waals surface area contributed by atoms with Crippen molar-refractivity contribution in [3.05, 3.63) is 12.2 Å². The van der Waals surface area contributed by atoms with Gasteiger partial charge in [0.25, 0.3) is 0 Å².